The smallest absolute Gasteiger partial charge is 0.325 e. The predicted molar refractivity (Wildman–Crippen MR) is 58.5 cm³/mol. The van der Waals surface area contributed by atoms with Crippen molar-refractivity contribution in [1.29, 1.82) is 0 Å². The Morgan fingerprint density at radius 1 is 1.27 bits per heavy atom. The summed E-state index contributed by atoms with van der Waals surface area (Å²) >= 11 is 0. The summed E-state index contributed by atoms with van der Waals surface area (Å²) in [6.45, 7) is 3.83. The van der Waals surface area contributed by atoms with Gasteiger partial charge in [0, 0.05) is 6.04 Å². The number of carbonyl (C=O) groups excluding carboxylic acids is 1. The zero-order valence-electron chi connectivity index (χ0n) is 9.88. The molecule has 0 heterocycles. The summed E-state index contributed by atoms with van der Waals surface area (Å²) in [6.07, 6.45) is 5.30. The first-order valence-electron chi connectivity index (χ1n) is 5.90. The van der Waals surface area contributed by atoms with E-state index in [4.69, 9.17) is 4.74 Å². The minimum Gasteiger partial charge on any atom is -0.468 e. The molecule has 0 bridgehead atoms. The van der Waals surface area contributed by atoms with Crippen LogP contribution < -0.4 is 5.32 Å². The van der Waals surface area contributed by atoms with E-state index in [1.54, 1.807) is 0 Å². The second-order valence-electron chi connectivity index (χ2n) is 5.46. The van der Waals surface area contributed by atoms with Crippen LogP contribution in [0.1, 0.15) is 39.5 Å². The number of methoxy groups -OCH3 is 1. The lowest BCUT2D eigenvalue weighted by atomic mass is 9.99. The third-order valence-electron chi connectivity index (χ3n) is 3.48. The Balaban J connectivity index is 1.94. The molecule has 86 valence electrons. The van der Waals surface area contributed by atoms with Crippen molar-refractivity contribution in [2.45, 2.75) is 51.1 Å². The van der Waals surface area contributed by atoms with Gasteiger partial charge in [-0.1, -0.05) is 0 Å². The van der Waals surface area contributed by atoms with Crippen LogP contribution >= 0.6 is 0 Å². The zero-order valence-corrected chi connectivity index (χ0v) is 9.88. The number of carbonyl (C=O) groups is 1. The lowest BCUT2D eigenvalue weighted by Crippen LogP contribution is -2.53. The Kier molecular flexibility index (Phi) is 2.75. The van der Waals surface area contributed by atoms with Crippen molar-refractivity contribution in [2.75, 3.05) is 7.11 Å². The third-order valence-corrected chi connectivity index (χ3v) is 3.48. The molecule has 0 spiro atoms. The van der Waals surface area contributed by atoms with Crippen LogP contribution in [0.2, 0.25) is 0 Å². The number of esters is 1. The first-order valence-corrected chi connectivity index (χ1v) is 5.90. The van der Waals surface area contributed by atoms with Gasteiger partial charge < -0.3 is 4.74 Å². The highest BCUT2D eigenvalue weighted by molar-refractivity contribution is 5.79. The standard InChI is InChI=1S/C12H21NO2/c1-12(2,11(14)15-3)13-10(8-4-5-8)9-6-7-9/h8-10,13H,4-7H2,1-3H3. The van der Waals surface area contributed by atoms with Crippen LogP contribution in [-0.2, 0) is 9.53 Å². The predicted octanol–water partition coefficient (Wildman–Crippen LogP) is 1.72. The summed E-state index contributed by atoms with van der Waals surface area (Å²) in [4.78, 5) is 11.6. The largest absolute Gasteiger partial charge is 0.468 e. The van der Waals surface area contributed by atoms with E-state index in [2.05, 4.69) is 5.32 Å². The van der Waals surface area contributed by atoms with E-state index in [1.807, 2.05) is 13.8 Å². The van der Waals surface area contributed by atoms with Crippen LogP contribution in [-0.4, -0.2) is 24.7 Å². The van der Waals surface area contributed by atoms with E-state index in [1.165, 1.54) is 32.8 Å². The number of rotatable bonds is 5. The molecule has 15 heavy (non-hydrogen) atoms. The van der Waals surface area contributed by atoms with Crippen LogP contribution in [0, 0.1) is 11.8 Å². The van der Waals surface area contributed by atoms with Crippen molar-refractivity contribution in [3.8, 4) is 0 Å². The molecule has 0 atom stereocenters. The molecule has 2 rings (SSSR count). The fourth-order valence-electron chi connectivity index (χ4n) is 2.26. The third kappa shape index (κ3) is 2.51. The van der Waals surface area contributed by atoms with Crippen LogP contribution in [0.25, 0.3) is 0 Å². The van der Waals surface area contributed by atoms with Crippen LogP contribution in [0.15, 0.2) is 0 Å². The highest BCUT2D eigenvalue weighted by Crippen LogP contribution is 2.45. The summed E-state index contributed by atoms with van der Waals surface area (Å²) < 4.78 is 4.81. The molecule has 0 unspecified atom stereocenters. The molecule has 0 amide bonds. The first-order chi connectivity index (χ1) is 7.04. The van der Waals surface area contributed by atoms with Gasteiger partial charge in [-0.3, -0.25) is 10.1 Å². The second kappa shape index (κ2) is 3.78. The molecule has 0 aromatic rings. The SMILES string of the molecule is COC(=O)C(C)(C)NC(C1CC1)C1CC1. The minimum atomic E-state index is -0.537. The van der Waals surface area contributed by atoms with Gasteiger partial charge in [0.2, 0.25) is 0 Å². The Morgan fingerprint density at radius 3 is 2.07 bits per heavy atom. The van der Waals surface area contributed by atoms with Crippen molar-refractivity contribution in [3.05, 3.63) is 0 Å². The van der Waals surface area contributed by atoms with Crippen LogP contribution in [0.4, 0.5) is 0 Å². The Hall–Kier alpha value is -0.570. The molecule has 3 heteroatoms. The lowest BCUT2D eigenvalue weighted by molar-refractivity contribution is -0.147. The van der Waals surface area contributed by atoms with Crippen molar-refractivity contribution >= 4 is 5.97 Å². The molecule has 1 N–H and O–H groups in total. The zero-order chi connectivity index (χ0) is 11.1. The Morgan fingerprint density at radius 2 is 1.73 bits per heavy atom. The van der Waals surface area contributed by atoms with Gasteiger partial charge in [0.05, 0.1) is 7.11 Å². The van der Waals surface area contributed by atoms with E-state index >= 15 is 0 Å². The summed E-state index contributed by atoms with van der Waals surface area (Å²) in [5.41, 5.74) is -0.537. The van der Waals surface area contributed by atoms with Gasteiger partial charge >= 0.3 is 5.97 Å². The maximum Gasteiger partial charge on any atom is 0.325 e. The van der Waals surface area contributed by atoms with E-state index in [-0.39, 0.29) is 5.97 Å². The fourth-order valence-corrected chi connectivity index (χ4v) is 2.26. The molecule has 3 nitrogen and oxygen atoms in total. The van der Waals surface area contributed by atoms with Crippen LogP contribution in [0.3, 0.4) is 0 Å². The van der Waals surface area contributed by atoms with Crippen molar-refractivity contribution in [2.24, 2.45) is 11.8 Å². The maximum absolute atomic E-state index is 11.6. The maximum atomic E-state index is 11.6. The van der Waals surface area contributed by atoms with E-state index in [9.17, 15) is 4.79 Å². The normalized spacial score (nSPS) is 21.9. The van der Waals surface area contributed by atoms with Gasteiger partial charge in [-0.2, -0.15) is 0 Å². The van der Waals surface area contributed by atoms with Crippen molar-refractivity contribution in [3.63, 3.8) is 0 Å². The molecule has 0 radical (unpaired) electrons. The average Bonchev–Trinajstić information content (AvgIpc) is 3.04. The number of hydrogen-bond donors (Lipinski definition) is 1. The highest BCUT2D eigenvalue weighted by Gasteiger charge is 2.45. The van der Waals surface area contributed by atoms with Crippen molar-refractivity contribution < 1.29 is 9.53 Å². The van der Waals surface area contributed by atoms with Gasteiger partial charge in [0.25, 0.3) is 0 Å². The molecule has 0 saturated heterocycles. The van der Waals surface area contributed by atoms with Gasteiger partial charge in [0.15, 0.2) is 0 Å². The Bertz CT molecular complexity index is 242. The summed E-state index contributed by atoms with van der Waals surface area (Å²) in [6, 6.07) is 0.541. The molecular formula is C12H21NO2. The highest BCUT2D eigenvalue weighted by atomic mass is 16.5. The van der Waals surface area contributed by atoms with E-state index in [0.717, 1.165) is 11.8 Å². The van der Waals surface area contributed by atoms with Crippen molar-refractivity contribution in [1.82, 2.24) is 5.32 Å². The number of nitrogens with one attached hydrogen (secondary N) is 1. The average molecular weight is 211 g/mol. The van der Waals surface area contributed by atoms with Crippen LogP contribution in [0.5, 0.6) is 0 Å². The summed E-state index contributed by atoms with van der Waals surface area (Å²) in [5, 5.41) is 3.49. The molecule has 2 aliphatic carbocycles. The van der Waals surface area contributed by atoms with Gasteiger partial charge in [-0.25, -0.2) is 0 Å². The van der Waals surface area contributed by atoms with E-state index < -0.39 is 5.54 Å². The topological polar surface area (TPSA) is 38.3 Å². The van der Waals surface area contributed by atoms with Gasteiger partial charge in [-0.15, -0.1) is 0 Å². The lowest BCUT2D eigenvalue weighted by Gasteiger charge is -2.29. The molecule has 0 aliphatic heterocycles. The quantitative estimate of drug-likeness (QED) is 0.704. The Labute approximate surface area is 91.6 Å². The minimum absolute atomic E-state index is 0.159. The van der Waals surface area contributed by atoms with Gasteiger partial charge in [-0.05, 0) is 51.4 Å². The molecule has 2 fully saturated rings. The number of ether oxygens (including phenoxy) is 1. The molecule has 2 saturated carbocycles. The molecule has 2 aliphatic rings. The first kappa shape index (κ1) is 10.9. The second-order valence-corrected chi connectivity index (χ2v) is 5.46. The molecule has 0 aromatic heterocycles. The summed E-state index contributed by atoms with van der Waals surface area (Å²) in [5.74, 6) is 1.46. The molecular weight excluding hydrogens is 190 g/mol. The monoisotopic (exact) mass is 211 g/mol. The molecule has 0 aromatic carbocycles. The number of hydrogen-bond acceptors (Lipinski definition) is 3. The fraction of sp³-hybridized carbons (Fsp3) is 0.917. The summed E-state index contributed by atoms with van der Waals surface area (Å²) in [7, 11) is 1.45. The van der Waals surface area contributed by atoms with Gasteiger partial charge in [0.1, 0.15) is 5.54 Å². The van der Waals surface area contributed by atoms with E-state index in [0.29, 0.717) is 6.04 Å².